The summed E-state index contributed by atoms with van der Waals surface area (Å²) in [6.45, 7) is 4.41. The molecule has 0 radical (unpaired) electrons. The molecule has 0 aliphatic carbocycles. The standard InChI is InChI=1S/C25H21F3N6O5/c1-4-29-24(37)32-22-10-19(34-8-7-21(33-34)25(26,27)28)17(12-31-22)15-9-16-18(30-11-15)5-6-20(38-13(2)35)23(16)39-14(3)36/h5-12H,4H2,1-3H3,(H2,29,31,32,37). The molecule has 2 amide bonds. The molecule has 0 aliphatic rings. The highest BCUT2D eigenvalue weighted by molar-refractivity contribution is 5.95. The number of carbonyl (C=O) groups excluding carboxylic acids is 3. The van der Waals surface area contributed by atoms with E-state index in [0.29, 0.717) is 17.6 Å². The third-order valence-electron chi connectivity index (χ3n) is 5.18. The number of nitrogens with one attached hydrogen (secondary N) is 2. The van der Waals surface area contributed by atoms with Crippen LogP contribution in [0.15, 0.2) is 48.9 Å². The highest BCUT2D eigenvalue weighted by Gasteiger charge is 2.34. The fourth-order valence-electron chi connectivity index (χ4n) is 3.64. The van der Waals surface area contributed by atoms with Gasteiger partial charge in [0.15, 0.2) is 17.2 Å². The van der Waals surface area contributed by atoms with E-state index in [1.165, 1.54) is 38.4 Å². The third kappa shape index (κ3) is 6.11. The number of amides is 2. The van der Waals surface area contributed by atoms with Gasteiger partial charge in [-0.2, -0.15) is 18.3 Å². The predicted octanol–water partition coefficient (Wildman–Crippen LogP) is 4.49. The highest BCUT2D eigenvalue weighted by Crippen LogP contribution is 2.38. The number of ether oxygens (including phenoxy) is 2. The Bertz CT molecular complexity index is 1580. The van der Waals surface area contributed by atoms with Crippen molar-refractivity contribution >= 4 is 34.7 Å². The molecular formula is C25H21F3N6O5. The fraction of sp³-hybridized carbons (Fsp3) is 0.200. The average Bonchev–Trinajstić information content (AvgIpc) is 3.36. The minimum atomic E-state index is -4.68. The fourth-order valence-corrected chi connectivity index (χ4v) is 3.64. The summed E-state index contributed by atoms with van der Waals surface area (Å²) in [5, 5.41) is 8.98. The highest BCUT2D eigenvalue weighted by atomic mass is 19.4. The first kappa shape index (κ1) is 27.0. The number of rotatable bonds is 6. The Kier molecular flexibility index (Phi) is 7.47. The smallest absolute Gasteiger partial charge is 0.423 e. The van der Waals surface area contributed by atoms with E-state index in [2.05, 4.69) is 25.7 Å². The van der Waals surface area contributed by atoms with E-state index in [4.69, 9.17) is 9.47 Å². The number of benzene rings is 1. The summed E-state index contributed by atoms with van der Waals surface area (Å²) in [6, 6.07) is 6.13. The van der Waals surface area contributed by atoms with Crippen LogP contribution < -0.4 is 20.1 Å². The van der Waals surface area contributed by atoms with Crippen molar-refractivity contribution < 1.29 is 37.0 Å². The van der Waals surface area contributed by atoms with Crippen LogP contribution in [-0.4, -0.2) is 44.3 Å². The molecule has 4 rings (SSSR count). The topological polar surface area (TPSA) is 137 Å². The van der Waals surface area contributed by atoms with Crippen LogP contribution >= 0.6 is 0 Å². The molecule has 0 saturated heterocycles. The van der Waals surface area contributed by atoms with Gasteiger partial charge in [-0.1, -0.05) is 0 Å². The second-order valence-electron chi connectivity index (χ2n) is 8.09. The SMILES string of the molecule is CCNC(=O)Nc1cc(-n2ccc(C(F)(F)F)n2)c(-c2cnc3ccc(OC(C)=O)c(OC(C)=O)c3c2)cn1. The van der Waals surface area contributed by atoms with E-state index >= 15 is 0 Å². The zero-order valence-electron chi connectivity index (χ0n) is 20.8. The maximum absolute atomic E-state index is 13.3. The van der Waals surface area contributed by atoms with Crippen molar-refractivity contribution in [3.8, 4) is 28.3 Å². The van der Waals surface area contributed by atoms with Crippen molar-refractivity contribution in [2.45, 2.75) is 26.9 Å². The summed E-state index contributed by atoms with van der Waals surface area (Å²) >= 11 is 0. The van der Waals surface area contributed by atoms with Crippen LogP contribution in [0.1, 0.15) is 26.5 Å². The number of halogens is 3. The number of anilines is 1. The minimum Gasteiger partial charge on any atom is -0.423 e. The number of esters is 2. The van der Waals surface area contributed by atoms with Gasteiger partial charge in [-0.05, 0) is 31.2 Å². The second kappa shape index (κ2) is 10.8. The van der Waals surface area contributed by atoms with E-state index in [-0.39, 0.29) is 34.0 Å². The summed E-state index contributed by atoms with van der Waals surface area (Å²) in [5.41, 5.74) is 0.0386. The monoisotopic (exact) mass is 542 g/mol. The molecule has 0 unspecified atom stereocenters. The minimum absolute atomic E-state index is 0.0223. The normalized spacial score (nSPS) is 11.2. The lowest BCUT2D eigenvalue weighted by molar-refractivity contribution is -0.141. The van der Waals surface area contributed by atoms with Gasteiger partial charge in [-0.15, -0.1) is 0 Å². The zero-order valence-corrected chi connectivity index (χ0v) is 20.8. The summed E-state index contributed by atoms with van der Waals surface area (Å²) < 4.78 is 51.4. The summed E-state index contributed by atoms with van der Waals surface area (Å²) in [6.07, 6.45) is -0.792. The van der Waals surface area contributed by atoms with Gasteiger partial charge in [0, 0.05) is 61.6 Å². The molecule has 2 N–H and O–H groups in total. The molecular weight excluding hydrogens is 521 g/mol. The lowest BCUT2D eigenvalue weighted by atomic mass is 10.0. The first-order valence-corrected chi connectivity index (χ1v) is 11.4. The first-order valence-electron chi connectivity index (χ1n) is 11.4. The Morgan fingerprint density at radius 1 is 1.00 bits per heavy atom. The number of urea groups is 1. The number of alkyl halides is 3. The number of hydrogen-bond acceptors (Lipinski definition) is 8. The molecule has 1 aromatic carbocycles. The lowest BCUT2D eigenvalue weighted by Gasteiger charge is -2.15. The number of nitrogens with zero attached hydrogens (tertiary/aromatic N) is 4. The molecule has 3 aromatic heterocycles. The van der Waals surface area contributed by atoms with Crippen LogP contribution in [0.5, 0.6) is 11.5 Å². The van der Waals surface area contributed by atoms with Gasteiger partial charge in [-0.25, -0.2) is 14.5 Å². The van der Waals surface area contributed by atoms with E-state index in [1.54, 1.807) is 19.1 Å². The van der Waals surface area contributed by atoms with Crippen LogP contribution in [0.4, 0.5) is 23.8 Å². The van der Waals surface area contributed by atoms with Gasteiger partial charge in [0.25, 0.3) is 0 Å². The van der Waals surface area contributed by atoms with Crippen molar-refractivity contribution in [3.63, 3.8) is 0 Å². The molecule has 0 spiro atoms. The van der Waals surface area contributed by atoms with E-state index in [9.17, 15) is 27.6 Å². The van der Waals surface area contributed by atoms with Gasteiger partial charge in [-0.3, -0.25) is 19.9 Å². The Morgan fingerprint density at radius 3 is 2.38 bits per heavy atom. The van der Waals surface area contributed by atoms with Gasteiger partial charge in [0.2, 0.25) is 0 Å². The Labute approximate surface area is 219 Å². The van der Waals surface area contributed by atoms with Gasteiger partial charge >= 0.3 is 24.1 Å². The van der Waals surface area contributed by atoms with Crippen LogP contribution in [0, 0.1) is 0 Å². The van der Waals surface area contributed by atoms with Crippen LogP contribution in [0.25, 0.3) is 27.7 Å². The van der Waals surface area contributed by atoms with E-state index in [1.807, 2.05) is 0 Å². The molecule has 0 fully saturated rings. The van der Waals surface area contributed by atoms with Gasteiger partial charge in [0.1, 0.15) is 5.82 Å². The first-order chi connectivity index (χ1) is 18.5. The van der Waals surface area contributed by atoms with E-state index < -0.39 is 29.8 Å². The molecule has 39 heavy (non-hydrogen) atoms. The lowest BCUT2D eigenvalue weighted by Crippen LogP contribution is -2.28. The number of carbonyl (C=O) groups is 3. The largest absolute Gasteiger partial charge is 0.435 e. The maximum atomic E-state index is 13.3. The van der Waals surface area contributed by atoms with Crippen molar-refractivity contribution in [1.82, 2.24) is 25.1 Å². The van der Waals surface area contributed by atoms with Crippen LogP contribution in [0.2, 0.25) is 0 Å². The van der Waals surface area contributed by atoms with Gasteiger partial charge in [0.05, 0.1) is 11.2 Å². The van der Waals surface area contributed by atoms with Crippen LogP contribution in [-0.2, 0) is 15.8 Å². The Morgan fingerprint density at radius 2 is 1.74 bits per heavy atom. The molecule has 0 aliphatic heterocycles. The summed E-state index contributed by atoms with van der Waals surface area (Å²) in [5.74, 6) is -1.36. The molecule has 3 heterocycles. The second-order valence-corrected chi connectivity index (χ2v) is 8.09. The predicted molar refractivity (Wildman–Crippen MR) is 132 cm³/mol. The molecule has 0 saturated carbocycles. The molecule has 14 heteroatoms. The number of fused-ring (bicyclic) bond motifs is 1. The van der Waals surface area contributed by atoms with E-state index in [0.717, 1.165) is 16.9 Å². The molecule has 4 aromatic rings. The zero-order chi connectivity index (χ0) is 28.3. The summed E-state index contributed by atoms with van der Waals surface area (Å²) in [7, 11) is 0. The molecule has 0 atom stereocenters. The van der Waals surface area contributed by atoms with Crippen molar-refractivity contribution in [1.29, 1.82) is 0 Å². The third-order valence-corrected chi connectivity index (χ3v) is 5.18. The molecule has 11 nitrogen and oxygen atoms in total. The van der Waals surface area contributed by atoms with Crippen LogP contribution in [0.3, 0.4) is 0 Å². The summed E-state index contributed by atoms with van der Waals surface area (Å²) in [4.78, 5) is 44.0. The number of hydrogen-bond donors (Lipinski definition) is 2. The molecule has 0 bridgehead atoms. The quantitative estimate of drug-likeness (QED) is 0.269. The van der Waals surface area contributed by atoms with Gasteiger partial charge < -0.3 is 14.8 Å². The van der Waals surface area contributed by atoms with Crippen molar-refractivity contribution in [2.75, 3.05) is 11.9 Å². The van der Waals surface area contributed by atoms with Crippen molar-refractivity contribution in [3.05, 3.63) is 54.6 Å². The number of pyridine rings is 2. The molecule has 202 valence electrons. The van der Waals surface area contributed by atoms with Crippen molar-refractivity contribution in [2.24, 2.45) is 0 Å². The Balaban J connectivity index is 1.90. The average molecular weight is 542 g/mol. The Hall–Kier alpha value is -5.01. The maximum Gasteiger partial charge on any atom is 0.435 e. The number of aromatic nitrogens is 4.